The summed E-state index contributed by atoms with van der Waals surface area (Å²) in [4.78, 5) is 12.8. The number of carboxylic acid groups (broad SMARTS) is 1. The molecule has 0 fully saturated rings. The summed E-state index contributed by atoms with van der Waals surface area (Å²) in [6, 6.07) is 12.6. The van der Waals surface area contributed by atoms with E-state index in [4.69, 9.17) is 0 Å². The topological polar surface area (TPSA) is 81.2 Å². The van der Waals surface area contributed by atoms with Crippen LogP contribution in [0.3, 0.4) is 0 Å². The van der Waals surface area contributed by atoms with Crippen molar-refractivity contribution in [3.05, 3.63) is 54.3 Å². The van der Waals surface area contributed by atoms with E-state index in [1.54, 1.807) is 36.4 Å². The van der Waals surface area contributed by atoms with Gasteiger partial charge in [-0.15, -0.1) is 0 Å². The number of nitrogens with zero attached hydrogens (tertiary/aromatic N) is 3. The molecule has 30 heavy (non-hydrogen) atoms. The molecular weight excluding hydrogens is 409 g/mol. The van der Waals surface area contributed by atoms with Crippen LogP contribution in [0.1, 0.15) is 27.2 Å². The molecule has 1 aliphatic rings. The van der Waals surface area contributed by atoms with Gasteiger partial charge in [0.1, 0.15) is 11.5 Å². The molecule has 7 nitrogen and oxygen atoms in total. The molecule has 0 bridgehead atoms. The lowest BCUT2D eigenvalue weighted by Gasteiger charge is -2.28. The Morgan fingerprint density at radius 2 is 1.77 bits per heavy atom. The van der Waals surface area contributed by atoms with Crippen LogP contribution in [0.2, 0.25) is 0 Å². The minimum absolute atomic E-state index is 0.0199. The van der Waals surface area contributed by atoms with Gasteiger partial charge < -0.3 is 10.0 Å². The van der Waals surface area contributed by atoms with Gasteiger partial charge in [-0.05, 0) is 36.1 Å². The average molecular weight is 436 g/mol. The number of rotatable bonds is 6. The molecule has 0 atom stereocenters. The fraction of sp³-hybridized carbons (Fsp3) is 0.381. The molecule has 0 saturated carbocycles. The van der Waals surface area contributed by atoms with Crippen molar-refractivity contribution in [2.24, 2.45) is 5.41 Å². The van der Waals surface area contributed by atoms with Crippen LogP contribution in [0, 0.1) is 11.2 Å². The Kier molecular flexibility index (Phi) is 5.94. The number of hydrogen-bond donors (Lipinski definition) is 1. The van der Waals surface area contributed by atoms with Crippen LogP contribution in [0.15, 0.2) is 48.5 Å². The van der Waals surface area contributed by atoms with Crippen molar-refractivity contribution >= 4 is 33.4 Å². The Morgan fingerprint density at radius 3 is 2.37 bits per heavy atom. The van der Waals surface area contributed by atoms with E-state index in [0.717, 1.165) is 8.61 Å². The maximum atomic E-state index is 14.7. The number of amides is 1. The highest BCUT2D eigenvalue weighted by atomic mass is 32.2. The molecule has 162 valence electrons. The standard InChI is InChI=1S/C21H26FN3O4S/c1-21(2,3)15-23(20(26)27)13-8-14-24-18-12-7-11-17(22)19(18)25(30(24,28)29)16-9-5-4-6-10-16/h4-7,9-12H,8,13-15H2,1-3H3,(H,26,27). The SMILES string of the molecule is CC(C)(C)CN(CCCN1c2cccc(F)c2N(c2ccccc2)S1(=O)=O)C(=O)O. The first-order valence-corrected chi connectivity index (χ1v) is 11.1. The van der Waals surface area contributed by atoms with E-state index in [9.17, 15) is 22.7 Å². The molecule has 3 rings (SSSR count). The van der Waals surface area contributed by atoms with Crippen molar-refractivity contribution in [2.75, 3.05) is 28.2 Å². The molecule has 2 aromatic carbocycles. The fourth-order valence-corrected chi connectivity index (χ4v) is 5.28. The predicted molar refractivity (Wildman–Crippen MR) is 115 cm³/mol. The highest BCUT2D eigenvalue weighted by Crippen LogP contribution is 2.46. The minimum atomic E-state index is -4.06. The van der Waals surface area contributed by atoms with Crippen LogP contribution in [0.4, 0.5) is 26.2 Å². The molecule has 2 aromatic rings. The third kappa shape index (κ3) is 4.35. The monoisotopic (exact) mass is 435 g/mol. The molecule has 1 amide bonds. The van der Waals surface area contributed by atoms with Gasteiger partial charge >= 0.3 is 16.3 Å². The van der Waals surface area contributed by atoms with Gasteiger partial charge in [0.15, 0.2) is 0 Å². The second kappa shape index (κ2) is 8.14. The molecule has 0 saturated heterocycles. The Bertz CT molecular complexity index is 1020. The van der Waals surface area contributed by atoms with Crippen molar-refractivity contribution in [1.82, 2.24) is 4.90 Å². The van der Waals surface area contributed by atoms with Gasteiger partial charge in [-0.2, -0.15) is 8.42 Å². The lowest BCUT2D eigenvalue weighted by atomic mass is 9.96. The van der Waals surface area contributed by atoms with Crippen LogP contribution in [0.25, 0.3) is 0 Å². The van der Waals surface area contributed by atoms with Gasteiger partial charge in [-0.1, -0.05) is 45.0 Å². The maximum Gasteiger partial charge on any atom is 0.407 e. The van der Waals surface area contributed by atoms with E-state index in [0.29, 0.717) is 12.2 Å². The summed E-state index contributed by atoms with van der Waals surface area (Å²) in [6.07, 6.45) is -0.772. The summed E-state index contributed by atoms with van der Waals surface area (Å²) in [5, 5.41) is 9.45. The van der Waals surface area contributed by atoms with Crippen LogP contribution in [-0.4, -0.2) is 44.2 Å². The van der Waals surface area contributed by atoms with Gasteiger partial charge in [0.2, 0.25) is 0 Å². The first-order valence-electron chi connectivity index (χ1n) is 9.67. The average Bonchev–Trinajstić information content (AvgIpc) is 2.88. The Morgan fingerprint density at radius 1 is 1.10 bits per heavy atom. The quantitative estimate of drug-likeness (QED) is 0.727. The Labute approximate surface area is 176 Å². The minimum Gasteiger partial charge on any atom is -0.465 e. The summed E-state index contributed by atoms with van der Waals surface area (Å²) < 4.78 is 43.4. The number of hydrogen-bond acceptors (Lipinski definition) is 3. The van der Waals surface area contributed by atoms with Crippen LogP contribution >= 0.6 is 0 Å². The van der Waals surface area contributed by atoms with Crippen LogP contribution in [-0.2, 0) is 10.2 Å². The maximum absolute atomic E-state index is 14.7. The number of fused-ring (bicyclic) bond motifs is 1. The van der Waals surface area contributed by atoms with Gasteiger partial charge in [0, 0.05) is 19.6 Å². The number of carbonyl (C=O) groups is 1. The van der Waals surface area contributed by atoms with E-state index in [-0.39, 0.29) is 36.3 Å². The first kappa shape index (κ1) is 21.9. The molecule has 0 unspecified atom stereocenters. The van der Waals surface area contributed by atoms with Crippen molar-refractivity contribution in [1.29, 1.82) is 0 Å². The second-order valence-electron chi connectivity index (χ2n) is 8.41. The third-order valence-corrected chi connectivity index (χ3v) is 6.45. The summed E-state index contributed by atoms with van der Waals surface area (Å²) >= 11 is 0. The van der Waals surface area contributed by atoms with Crippen LogP contribution in [0.5, 0.6) is 0 Å². The summed E-state index contributed by atoms with van der Waals surface area (Å²) in [6.45, 7) is 6.35. The van der Waals surface area contributed by atoms with Crippen molar-refractivity contribution in [2.45, 2.75) is 27.2 Å². The first-order chi connectivity index (χ1) is 14.0. The van der Waals surface area contributed by atoms with Crippen molar-refractivity contribution in [3.8, 4) is 0 Å². The van der Waals surface area contributed by atoms with E-state index in [2.05, 4.69) is 0 Å². The van der Waals surface area contributed by atoms with E-state index >= 15 is 0 Å². The molecule has 1 heterocycles. The molecule has 9 heteroatoms. The smallest absolute Gasteiger partial charge is 0.407 e. The van der Waals surface area contributed by atoms with E-state index in [1.165, 1.54) is 17.0 Å². The van der Waals surface area contributed by atoms with Gasteiger partial charge in [-0.3, -0.25) is 4.31 Å². The highest BCUT2D eigenvalue weighted by Gasteiger charge is 2.43. The molecule has 0 aromatic heterocycles. The molecule has 0 radical (unpaired) electrons. The molecule has 0 aliphatic carbocycles. The third-order valence-electron chi connectivity index (χ3n) is 4.66. The van der Waals surface area contributed by atoms with Crippen molar-refractivity contribution in [3.63, 3.8) is 0 Å². The lowest BCUT2D eigenvalue weighted by molar-refractivity contribution is 0.126. The van der Waals surface area contributed by atoms with E-state index in [1.807, 2.05) is 20.8 Å². The predicted octanol–water partition coefficient (Wildman–Crippen LogP) is 4.44. The summed E-state index contributed by atoms with van der Waals surface area (Å²) in [5.41, 5.74) is 0.342. The number of para-hydroxylation sites is 2. The summed E-state index contributed by atoms with van der Waals surface area (Å²) in [5.74, 6) is -0.637. The number of benzene rings is 2. The highest BCUT2D eigenvalue weighted by molar-refractivity contribution is 7.95. The molecule has 1 aliphatic heterocycles. The van der Waals surface area contributed by atoms with Gasteiger partial charge in [-0.25, -0.2) is 13.5 Å². The zero-order chi connectivity index (χ0) is 22.1. The number of halogens is 1. The largest absolute Gasteiger partial charge is 0.465 e. The van der Waals surface area contributed by atoms with E-state index < -0.39 is 22.1 Å². The van der Waals surface area contributed by atoms with Gasteiger partial charge in [0.05, 0.1) is 11.4 Å². The fourth-order valence-electron chi connectivity index (χ4n) is 3.53. The molecular formula is C21H26FN3O4S. The van der Waals surface area contributed by atoms with Crippen molar-refractivity contribution < 1.29 is 22.7 Å². The van der Waals surface area contributed by atoms with Gasteiger partial charge in [0.25, 0.3) is 0 Å². The zero-order valence-corrected chi connectivity index (χ0v) is 18.1. The normalized spacial score (nSPS) is 15.2. The Balaban J connectivity index is 1.87. The lowest BCUT2D eigenvalue weighted by Crippen LogP contribution is -2.40. The zero-order valence-electron chi connectivity index (χ0n) is 17.2. The second-order valence-corrected chi connectivity index (χ2v) is 10.1. The van der Waals surface area contributed by atoms with Crippen LogP contribution < -0.4 is 8.61 Å². The molecule has 1 N–H and O–H groups in total. The number of anilines is 3. The summed E-state index contributed by atoms with van der Waals surface area (Å²) in [7, 11) is -4.06. The molecule has 0 spiro atoms. The Hall–Kier alpha value is -2.81.